The van der Waals surface area contributed by atoms with Gasteiger partial charge < -0.3 is 5.11 Å². The predicted octanol–water partition coefficient (Wildman–Crippen LogP) is 2.36. The number of carbonyl (C=O) groups is 1. The largest absolute Gasteiger partial charge is 0.481 e. The number of aliphatic carboxylic acids is 1. The van der Waals surface area contributed by atoms with Gasteiger partial charge in [0, 0.05) is 12.0 Å². The summed E-state index contributed by atoms with van der Waals surface area (Å²) in [5.41, 5.74) is 1.99. The van der Waals surface area contributed by atoms with E-state index in [1.165, 1.54) is 0 Å². The Kier molecular flexibility index (Phi) is 5.34. The standard InChI is InChI=1S/C14H13NO2/c15-11-2-1-4-12-7-9-13(10-8-12)5-3-6-14(16)17/h7-10H,2-3,5-6H2,(H,16,17). The van der Waals surface area contributed by atoms with E-state index < -0.39 is 5.97 Å². The molecule has 0 aliphatic heterocycles. The summed E-state index contributed by atoms with van der Waals surface area (Å²) in [5.74, 6) is 4.86. The highest BCUT2D eigenvalue weighted by Gasteiger charge is 1.98. The number of hydrogen-bond donors (Lipinski definition) is 1. The Balaban J connectivity index is 2.49. The van der Waals surface area contributed by atoms with Gasteiger partial charge in [0.25, 0.3) is 0 Å². The van der Waals surface area contributed by atoms with Gasteiger partial charge in [-0.05, 0) is 30.5 Å². The minimum atomic E-state index is -0.760. The number of nitriles is 1. The van der Waals surface area contributed by atoms with Crippen LogP contribution in [0, 0.1) is 23.2 Å². The van der Waals surface area contributed by atoms with Crippen molar-refractivity contribution in [2.45, 2.75) is 25.7 Å². The second-order valence-corrected chi connectivity index (χ2v) is 3.58. The van der Waals surface area contributed by atoms with Crippen LogP contribution in [-0.2, 0) is 11.2 Å². The number of carboxylic acid groups (broad SMARTS) is 1. The molecule has 1 aromatic carbocycles. The van der Waals surface area contributed by atoms with Gasteiger partial charge >= 0.3 is 5.97 Å². The van der Waals surface area contributed by atoms with Crippen molar-refractivity contribution in [2.75, 3.05) is 0 Å². The zero-order valence-electron chi connectivity index (χ0n) is 9.44. The molecule has 0 aliphatic carbocycles. The minimum absolute atomic E-state index is 0.198. The maximum atomic E-state index is 10.3. The van der Waals surface area contributed by atoms with Gasteiger partial charge in [0.2, 0.25) is 0 Å². The Hall–Kier alpha value is -2.26. The van der Waals surface area contributed by atoms with Crippen molar-refractivity contribution in [2.24, 2.45) is 0 Å². The highest BCUT2D eigenvalue weighted by Crippen LogP contribution is 2.07. The lowest BCUT2D eigenvalue weighted by Crippen LogP contribution is -1.95. The number of rotatable bonds is 4. The summed E-state index contributed by atoms with van der Waals surface area (Å²) in [6, 6.07) is 9.62. The Morgan fingerprint density at radius 2 is 2.00 bits per heavy atom. The molecule has 0 fully saturated rings. The molecule has 1 rings (SSSR count). The van der Waals surface area contributed by atoms with E-state index in [-0.39, 0.29) is 12.8 Å². The lowest BCUT2D eigenvalue weighted by atomic mass is 10.1. The molecule has 3 heteroatoms. The number of hydrogen-bond acceptors (Lipinski definition) is 2. The molecule has 17 heavy (non-hydrogen) atoms. The maximum absolute atomic E-state index is 10.3. The van der Waals surface area contributed by atoms with E-state index in [1.54, 1.807) is 0 Å². The van der Waals surface area contributed by atoms with E-state index in [2.05, 4.69) is 11.8 Å². The molecule has 0 aromatic heterocycles. The first-order chi connectivity index (χ1) is 8.22. The summed E-state index contributed by atoms with van der Waals surface area (Å²) in [6.45, 7) is 0. The molecule has 1 N–H and O–H groups in total. The fourth-order valence-electron chi connectivity index (χ4n) is 1.38. The monoisotopic (exact) mass is 227 g/mol. The highest BCUT2D eigenvalue weighted by molar-refractivity contribution is 5.66. The molecule has 0 heterocycles. The van der Waals surface area contributed by atoms with Crippen LogP contribution in [-0.4, -0.2) is 11.1 Å². The second kappa shape index (κ2) is 7.09. The van der Waals surface area contributed by atoms with Crippen LogP contribution in [0.4, 0.5) is 0 Å². The van der Waals surface area contributed by atoms with Gasteiger partial charge in [-0.1, -0.05) is 24.0 Å². The molecule has 0 atom stereocenters. The first kappa shape index (κ1) is 12.8. The van der Waals surface area contributed by atoms with Crippen LogP contribution < -0.4 is 0 Å². The van der Waals surface area contributed by atoms with Crippen molar-refractivity contribution >= 4 is 5.97 Å². The Morgan fingerprint density at radius 1 is 1.29 bits per heavy atom. The molecule has 1 aromatic rings. The highest BCUT2D eigenvalue weighted by atomic mass is 16.4. The lowest BCUT2D eigenvalue weighted by molar-refractivity contribution is -0.137. The molecule has 0 amide bonds. The molecule has 0 bridgehead atoms. The van der Waals surface area contributed by atoms with Gasteiger partial charge in [0.15, 0.2) is 0 Å². The zero-order valence-corrected chi connectivity index (χ0v) is 9.44. The third-order valence-electron chi connectivity index (χ3n) is 2.21. The normalized spacial score (nSPS) is 8.88. The van der Waals surface area contributed by atoms with Crippen LogP contribution in [0.5, 0.6) is 0 Å². The number of benzene rings is 1. The lowest BCUT2D eigenvalue weighted by Gasteiger charge is -1.99. The Labute approximate surface area is 101 Å². The molecule has 0 aliphatic rings. The van der Waals surface area contributed by atoms with Crippen LogP contribution >= 0.6 is 0 Å². The summed E-state index contributed by atoms with van der Waals surface area (Å²) in [7, 11) is 0. The molecule has 3 nitrogen and oxygen atoms in total. The van der Waals surface area contributed by atoms with Crippen molar-refractivity contribution in [3.8, 4) is 17.9 Å². The van der Waals surface area contributed by atoms with Crippen LogP contribution in [0.25, 0.3) is 0 Å². The van der Waals surface area contributed by atoms with Crippen molar-refractivity contribution in [3.05, 3.63) is 35.4 Å². The van der Waals surface area contributed by atoms with Gasteiger partial charge in [-0.25, -0.2) is 0 Å². The average Bonchev–Trinajstić information content (AvgIpc) is 2.31. The van der Waals surface area contributed by atoms with E-state index in [4.69, 9.17) is 10.4 Å². The quantitative estimate of drug-likeness (QED) is 0.803. The van der Waals surface area contributed by atoms with Crippen molar-refractivity contribution < 1.29 is 9.90 Å². The summed E-state index contributed by atoms with van der Waals surface area (Å²) < 4.78 is 0. The fraction of sp³-hybridized carbons (Fsp3) is 0.286. The van der Waals surface area contributed by atoms with Crippen molar-refractivity contribution in [1.82, 2.24) is 0 Å². The third kappa shape index (κ3) is 5.39. The molecule has 0 unspecified atom stereocenters. The average molecular weight is 227 g/mol. The topological polar surface area (TPSA) is 61.1 Å². The number of carboxylic acids is 1. The molecule has 0 saturated heterocycles. The molecule has 0 saturated carbocycles. The van der Waals surface area contributed by atoms with Gasteiger partial charge in [-0.15, -0.1) is 0 Å². The van der Waals surface area contributed by atoms with Gasteiger partial charge in [-0.2, -0.15) is 5.26 Å². The molecule has 86 valence electrons. The van der Waals surface area contributed by atoms with Gasteiger partial charge in [0.1, 0.15) is 0 Å². The van der Waals surface area contributed by atoms with Crippen LogP contribution in [0.15, 0.2) is 24.3 Å². The van der Waals surface area contributed by atoms with E-state index in [0.717, 1.165) is 17.5 Å². The van der Waals surface area contributed by atoms with E-state index in [1.807, 2.05) is 30.3 Å². The van der Waals surface area contributed by atoms with Crippen molar-refractivity contribution in [1.29, 1.82) is 5.26 Å². The van der Waals surface area contributed by atoms with Gasteiger partial charge in [0.05, 0.1) is 12.5 Å². The van der Waals surface area contributed by atoms with Gasteiger partial charge in [-0.3, -0.25) is 4.79 Å². The molecule has 0 spiro atoms. The maximum Gasteiger partial charge on any atom is 0.303 e. The predicted molar refractivity (Wildman–Crippen MR) is 64.1 cm³/mol. The molecule has 0 radical (unpaired) electrons. The van der Waals surface area contributed by atoms with Crippen molar-refractivity contribution in [3.63, 3.8) is 0 Å². The second-order valence-electron chi connectivity index (χ2n) is 3.58. The number of nitrogens with zero attached hydrogens (tertiary/aromatic N) is 1. The smallest absolute Gasteiger partial charge is 0.303 e. The Bertz CT molecular complexity index is 472. The minimum Gasteiger partial charge on any atom is -0.481 e. The third-order valence-corrected chi connectivity index (χ3v) is 2.21. The first-order valence-electron chi connectivity index (χ1n) is 5.39. The van der Waals surface area contributed by atoms with E-state index in [0.29, 0.717) is 6.42 Å². The summed E-state index contributed by atoms with van der Waals surface area (Å²) in [6.07, 6.45) is 1.84. The van der Waals surface area contributed by atoms with Crippen LogP contribution in [0.2, 0.25) is 0 Å². The summed E-state index contributed by atoms with van der Waals surface area (Å²) >= 11 is 0. The SMILES string of the molecule is N#CCC#Cc1ccc(CCCC(=O)O)cc1. The van der Waals surface area contributed by atoms with Crippen LogP contribution in [0.1, 0.15) is 30.4 Å². The Morgan fingerprint density at radius 3 is 2.59 bits per heavy atom. The van der Waals surface area contributed by atoms with E-state index in [9.17, 15) is 4.79 Å². The van der Waals surface area contributed by atoms with E-state index >= 15 is 0 Å². The fourth-order valence-corrected chi connectivity index (χ4v) is 1.38. The zero-order chi connectivity index (χ0) is 12.5. The molecular formula is C14H13NO2. The summed E-state index contributed by atoms with van der Waals surface area (Å²) in [4.78, 5) is 10.3. The van der Waals surface area contributed by atoms with Crippen LogP contribution in [0.3, 0.4) is 0 Å². The molecular weight excluding hydrogens is 214 g/mol. The summed E-state index contributed by atoms with van der Waals surface area (Å²) in [5, 5.41) is 16.8. The first-order valence-corrected chi connectivity index (χ1v) is 5.39. The number of aryl methyl sites for hydroxylation is 1.